The van der Waals surface area contributed by atoms with Gasteiger partial charge in [-0.1, -0.05) is 11.6 Å². The maximum absolute atomic E-state index is 13.4. The van der Waals surface area contributed by atoms with Crippen LogP contribution >= 0.6 is 11.6 Å². The van der Waals surface area contributed by atoms with Gasteiger partial charge in [0.25, 0.3) is 0 Å². The average Bonchev–Trinajstić information content (AvgIpc) is 2.80. The van der Waals surface area contributed by atoms with E-state index in [2.05, 4.69) is 4.99 Å². The summed E-state index contributed by atoms with van der Waals surface area (Å²) in [4.78, 5) is 5.92. The van der Waals surface area contributed by atoms with Crippen molar-refractivity contribution in [3.63, 3.8) is 0 Å². The van der Waals surface area contributed by atoms with Crippen LogP contribution in [0.25, 0.3) is 0 Å². The second kappa shape index (κ2) is 5.33. The Balaban J connectivity index is 2.00. The summed E-state index contributed by atoms with van der Waals surface area (Å²) in [5, 5.41) is 0.599. The number of hydrogen-bond acceptors (Lipinski definition) is 3. The molecule has 3 nitrogen and oxygen atoms in total. The van der Waals surface area contributed by atoms with Crippen molar-refractivity contribution < 1.29 is 8.78 Å². The lowest BCUT2D eigenvalue weighted by Crippen LogP contribution is -2.36. The molecule has 1 heterocycles. The van der Waals surface area contributed by atoms with Crippen molar-refractivity contribution in [2.75, 3.05) is 11.4 Å². The quantitative estimate of drug-likeness (QED) is 0.922. The zero-order chi connectivity index (χ0) is 15.0. The van der Waals surface area contributed by atoms with E-state index >= 15 is 0 Å². The third-order valence-electron chi connectivity index (χ3n) is 3.36. The summed E-state index contributed by atoms with van der Waals surface area (Å²) in [5.74, 6) is -0.926. The molecule has 2 aromatic rings. The van der Waals surface area contributed by atoms with Crippen molar-refractivity contribution in [1.29, 1.82) is 0 Å². The highest BCUT2D eigenvalue weighted by molar-refractivity contribution is 6.30. The van der Waals surface area contributed by atoms with Gasteiger partial charge in [-0.15, -0.1) is 0 Å². The summed E-state index contributed by atoms with van der Waals surface area (Å²) in [6, 6.07) is 10.1. The van der Waals surface area contributed by atoms with Crippen molar-refractivity contribution >= 4 is 23.2 Å². The number of halogens is 3. The van der Waals surface area contributed by atoms with Crippen molar-refractivity contribution in [2.24, 2.45) is 10.7 Å². The summed E-state index contributed by atoms with van der Waals surface area (Å²) in [5.41, 5.74) is 7.17. The molecule has 0 spiro atoms. The molecule has 1 atom stereocenters. The van der Waals surface area contributed by atoms with Gasteiger partial charge in [0.1, 0.15) is 11.6 Å². The lowest BCUT2D eigenvalue weighted by atomic mass is 10.1. The summed E-state index contributed by atoms with van der Waals surface area (Å²) in [7, 11) is 0. The second-order valence-electron chi connectivity index (χ2n) is 4.76. The Morgan fingerprint density at radius 1 is 1.10 bits per heavy atom. The number of guanidine groups is 1. The molecule has 0 radical (unpaired) electrons. The van der Waals surface area contributed by atoms with Crippen molar-refractivity contribution in [2.45, 2.75) is 6.04 Å². The molecule has 1 unspecified atom stereocenters. The first-order chi connectivity index (χ1) is 10.0. The van der Waals surface area contributed by atoms with Crippen LogP contribution in [0.4, 0.5) is 14.5 Å². The van der Waals surface area contributed by atoms with Gasteiger partial charge in [0.15, 0.2) is 5.96 Å². The van der Waals surface area contributed by atoms with Crippen LogP contribution in [-0.2, 0) is 0 Å². The fourth-order valence-corrected chi connectivity index (χ4v) is 2.56. The standard InChI is InChI=1S/C15H12ClF2N3/c16-10-1-3-13(4-2-10)21-14(8-20-15(21)19)9-5-11(17)7-12(18)6-9/h1-7,14H,8H2,(H2,19,20). The number of hydrogen-bond donors (Lipinski definition) is 1. The Morgan fingerprint density at radius 2 is 1.71 bits per heavy atom. The van der Waals surface area contributed by atoms with E-state index in [1.54, 1.807) is 29.2 Å². The summed E-state index contributed by atoms with van der Waals surface area (Å²) < 4.78 is 26.8. The minimum atomic E-state index is -0.619. The van der Waals surface area contributed by atoms with Gasteiger partial charge in [0.2, 0.25) is 0 Å². The first-order valence-corrected chi connectivity index (χ1v) is 6.73. The zero-order valence-electron chi connectivity index (χ0n) is 10.9. The Morgan fingerprint density at radius 3 is 2.33 bits per heavy atom. The van der Waals surface area contributed by atoms with E-state index in [1.165, 1.54) is 12.1 Å². The van der Waals surface area contributed by atoms with E-state index in [0.29, 0.717) is 23.1 Å². The smallest absolute Gasteiger partial charge is 0.196 e. The van der Waals surface area contributed by atoms with Crippen molar-refractivity contribution in [3.05, 3.63) is 64.7 Å². The van der Waals surface area contributed by atoms with Crippen LogP contribution < -0.4 is 10.6 Å². The third-order valence-corrected chi connectivity index (χ3v) is 3.61. The maximum atomic E-state index is 13.4. The monoisotopic (exact) mass is 307 g/mol. The van der Waals surface area contributed by atoms with Crippen LogP contribution in [0.1, 0.15) is 11.6 Å². The topological polar surface area (TPSA) is 41.6 Å². The molecule has 3 rings (SSSR count). The van der Waals surface area contributed by atoms with E-state index in [1.807, 2.05) is 0 Å². The third kappa shape index (κ3) is 2.69. The molecule has 21 heavy (non-hydrogen) atoms. The molecule has 2 aromatic carbocycles. The van der Waals surface area contributed by atoms with E-state index in [9.17, 15) is 8.78 Å². The molecular weight excluding hydrogens is 296 g/mol. The molecule has 108 valence electrons. The Hall–Kier alpha value is -2.14. The van der Waals surface area contributed by atoms with Crippen LogP contribution in [0.3, 0.4) is 0 Å². The van der Waals surface area contributed by atoms with E-state index in [4.69, 9.17) is 17.3 Å². The highest BCUT2D eigenvalue weighted by atomic mass is 35.5. The van der Waals surface area contributed by atoms with Gasteiger partial charge in [0, 0.05) is 16.8 Å². The predicted octanol–water partition coefficient (Wildman–Crippen LogP) is 3.49. The first-order valence-electron chi connectivity index (χ1n) is 6.35. The van der Waals surface area contributed by atoms with Gasteiger partial charge >= 0.3 is 0 Å². The van der Waals surface area contributed by atoms with Crippen molar-refractivity contribution in [3.8, 4) is 0 Å². The van der Waals surface area contributed by atoms with Crippen LogP contribution in [0, 0.1) is 11.6 Å². The number of anilines is 1. The molecule has 0 bridgehead atoms. The fourth-order valence-electron chi connectivity index (χ4n) is 2.43. The maximum Gasteiger partial charge on any atom is 0.196 e. The summed E-state index contributed by atoms with van der Waals surface area (Å²) >= 11 is 5.87. The largest absolute Gasteiger partial charge is 0.369 e. The Kier molecular flexibility index (Phi) is 3.51. The van der Waals surface area contributed by atoms with Gasteiger partial charge in [-0.2, -0.15) is 0 Å². The van der Waals surface area contributed by atoms with Crippen molar-refractivity contribution in [1.82, 2.24) is 0 Å². The van der Waals surface area contributed by atoms with Gasteiger partial charge in [0.05, 0.1) is 12.6 Å². The predicted molar refractivity (Wildman–Crippen MR) is 79.5 cm³/mol. The highest BCUT2D eigenvalue weighted by Gasteiger charge is 2.29. The molecule has 6 heteroatoms. The van der Waals surface area contributed by atoms with Gasteiger partial charge in [-0.25, -0.2) is 8.78 Å². The molecule has 1 aliphatic rings. The normalized spacial score (nSPS) is 18.0. The molecule has 0 saturated heterocycles. The zero-order valence-corrected chi connectivity index (χ0v) is 11.7. The van der Waals surface area contributed by atoms with E-state index in [-0.39, 0.29) is 6.04 Å². The summed E-state index contributed by atoms with van der Waals surface area (Å²) in [6.45, 7) is 0.345. The summed E-state index contributed by atoms with van der Waals surface area (Å²) in [6.07, 6.45) is 0. The molecule has 0 saturated carbocycles. The molecule has 2 N–H and O–H groups in total. The SMILES string of the molecule is NC1=NCC(c2cc(F)cc(F)c2)N1c1ccc(Cl)cc1. The molecule has 0 aromatic heterocycles. The van der Waals surface area contributed by atoms with Gasteiger partial charge in [-0.3, -0.25) is 4.99 Å². The van der Waals surface area contributed by atoms with Crippen LogP contribution in [0.15, 0.2) is 47.5 Å². The Labute approximate surface area is 125 Å². The van der Waals surface area contributed by atoms with Crippen LogP contribution in [-0.4, -0.2) is 12.5 Å². The lowest BCUT2D eigenvalue weighted by molar-refractivity contribution is 0.575. The average molecular weight is 308 g/mol. The molecule has 1 aliphatic heterocycles. The first kappa shape index (κ1) is 13.8. The molecular formula is C15H12ClF2N3. The minimum Gasteiger partial charge on any atom is -0.369 e. The Bertz CT molecular complexity index is 680. The van der Waals surface area contributed by atoms with Gasteiger partial charge in [-0.05, 0) is 42.0 Å². The number of benzene rings is 2. The van der Waals surface area contributed by atoms with Gasteiger partial charge < -0.3 is 10.6 Å². The highest BCUT2D eigenvalue weighted by Crippen LogP contribution is 2.32. The lowest BCUT2D eigenvalue weighted by Gasteiger charge is -2.26. The number of nitrogens with zero attached hydrogens (tertiary/aromatic N) is 2. The molecule has 0 aliphatic carbocycles. The van der Waals surface area contributed by atoms with Crippen LogP contribution in [0.5, 0.6) is 0 Å². The molecule has 0 fully saturated rings. The number of nitrogens with two attached hydrogens (primary N) is 1. The van der Waals surface area contributed by atoms with Crippen LogP contribution in [0.2, 0.25) is 5.02 Å². The van der Waals surface area contributed by atoms with E-state index in [0.717, 1.165) is 11.8 Å². The van der Waals surface area contributed by atoms with E-state index < -0.39 is 11.6 Å². The number of rotatable bonds is 2. The molecule has 0 amide bonds. The fraction of sp³-hybridized carbons (Fsp3) is 0.133. The second-order valence-corrected chi connectivity index (χ2v) is 5.20. The number of aliphatic imine (C=N–C) groups is 1. The minimum absolute atomic E-state index is 0.312.